The third kappa shape index (κ3) is 3.98. The van der Waals surface area contributed by atoms with Gasteiger partial charge in [0.2, 0.25) is 5.78 Å². The van der Waals surface area contributed by atoms with Crippen LogP contribution in [0.1, 0.15) is 45.9 Å². The minimum absolute atomic E-state index is 0.0739. The van der Waals surface area contributed by atoms with Crippen LogP contribution in [0.2, 0.25) is 0 Å². The van der Waals surface area contributed by atoms with Crippen molar-refractivity contribution in [2.75, 3.05) is 5.73 Å². The number of aryl methyl sites for hydroxylation is 1. The van der Waals surface area contributed by atoms with E-state index in [2.05, 4.69) is 10.1 Å². The monoisotopic (exact) mass is 434 g/mol. The molecule has 4 N–H and O–H groups in total. The molecule has 3 rings (SSSR count). The van der Waals surface area contributed by atoms with Crippen molar-refractivity contribution in [1.82, 2.24) is 14.7 Å². The SMILES string of the molecule is CCc1c(-c2ccc(O)cn2)noc1CC(F)(F)C(=O)c1cn(CC)c(N)c1C(=O)O. The second-order valence-corrected chi connectivity index (χ2v) is 6.79. The van der Waals surface area contributed by atoms with Gasteiger partial charge in [-0.1, -0.05) is 12.1 Å². The summed E-state index contributed by atoms with van der Waals surface area (Å²) in [7, 11) is 0. The number of hydrogen-bond donors (Lipinski definition) is 3. The van der Waals surface area contributed by atoms with Gasteiger partial charge in [0.1, 0.15) is 28.6 Å². The van der Waals surface area contributed by atoms with Crippen molar-refractivity contribution in [3.63, 3.8) is 0 Å². The standard InChI is InChI=1S/C20H20F2N4O5/c1-3-11-14(31-25-16(11)13-6-5-10(27)8-24-13)7-20(21,22)17(28)12-9-26(4-2)18(23)15(12)19(29)30/h5-6,8-9,27H,3-4,7,23H2,1-2H3,(H,29,30). The molecule has 0 saturated heterocycles. The Bertz CT molecular complexity index is 1140. The predicted molar refractivity (Wildman–Crippen MR) is 105 cm³/mol. The van der Waals surface area contributed by atoms with Crippen LogP contribution in [0.15, 0.2) is 29.0 Å². The van der Waals surface area contributed by atoms with Gasteiger partial charge in [0, 0.05) is 18.3 Å². The first-order valence-electron chi connectivity index (χ1n) is 9.38. The van der Waals surface area contributed by atoms with Crippen LogP contribution < -0.4 is 5.73 Å². The Balaban J connectivity index is 1.97. The number of carbonyl (C=O) groups is 2. The summed E-state index contributed by atoms with van der Waals surface area (Å²) < 4.78 is 36.2. The van der Waals surface area contributed by atoms with Gasteiger partial charge < -0.3 is 25.0 Å². The fourth-order valence-corrected chi connectivity index (χ4v) is 3.28. The maximum Gasteiger partial charge on any atom is 0.340 e. The van der Waals surface area contributed by atoms with Crippen molar-refractivity contribution in [2.45, 2.75) is 39.2 Å². The maximum absolute atomic E-state index is 14.9. The number of anilines is 1. The van der Waals surface area contributed by atoms with Gasteiger partial charge in [-0.3, -0.25) is 9.78 Å². The highest BCUT2D eigenvalue weighted by molar-refractivity contribution is 6.11. The number of aromatic nitrogens is 3. The van der Waals surface area contributed by atoms with E-state index >= 15 is 0 Å². The summed E-state index contributed by atoms with van der Waals surface area (Å²) in [4.78, 5) is 28.1. The van der Waals surface area contributed by atoms with Crippen LogP contribution in [0, 0.1) is 0 Å². The number of nitrogens with two attached hydrogens (primary N) is 1. The number of nitrogen functional groups attached to an aromatic ring is 1. The molecular formula is C20H20F2N4O5. The number of carboxylic acids is 1. The summed E-state index contributed by atoms with van der Waals surface area (Å²) in [6.07, 6.45) is 1.34. The molecule has 0 aliphatic heterocycles. The molecule has 3 aromatic rings. The molecule has 31 heavy (non-hydrogen) atoms. The van der Waals surface area contributed by atoms with Crippen molar-refractivity contribution >= 4 is 17.6 Å². The molecule has 0 aliphatic carbocycles. The van der Waals surface area contributed by atoms with Gasteiger partial charge in [-0.25, -0.2) is 4.79 Å². The molecular weight excluding hydrogens is 414 g/mol. The summed E-state index contributed by atoms with van der Waals surface area (Å²) in [5.74, 6) is -7.78. The number of hydrogen-bond acceptors (Lipinski definition) is 7. The number of rotatable bonds is 8. The lowest BCUT2D eigenvalue weighted by Gasteiger charge is -2.14. The smallest absolute Gasteiger partial charge is 0.340 e. The van der Waals surface area contributed by atoms with Crippen molar-refractivity contribution in [3.05, 3.63) is 47.0 Å². The normalized spacial score (nSPS) is 11.6. The summed E-state index contributed by atoms with van der Waals surface area (Å²) in [5.41, 5.74) is 5.23. The molecule has 0 radical (unpaired) electrons. The predicted octanol–water partition coefficient (Wildman–Crippen LogP) is 3.17. The van der Waals surface area contributed by atoms with E-state index in [1.54, 1.807) is 13.8 Å². The highest BCUT2D eigenvalue weighted by Crippen LogP contribution is 2.33. The molecule has 0 fully saturated rings. The van der Waals surface area contributed by atoms with E-state index in [4.69, 9.17) is 10.3 Å². The molecule has 0 aromatic carbocycles. The Morgan fingerprint density at radius 1 is 1.29 bits per heavy atom. The zero-order valence-electron chi connectivity index (χ0n) is 16.7. The second-order valence-electron chi connectivity index (χ2n) is 6.79. The lowest BCUT2D eigenvalue weighted by molar-refractivity contribution is 0.00663. The highest BCUT2D eigenvalue weighted by atomic mass is 19.3. The van der Waals surface area contributed by atoms with Crippen molar-refractivity contribution < 1.29 is 33.1 Å². The molecule has 0 spiro atoms. The van der Waals surface area contributed by atoms with Crippen molar-refractivity contribution in [3.8, 4) is 17.1 Å². The minimum Gasteiger partial charge on any atom is -0.506 e. The molecule has 0 aliphatic rings. The number of Topliss-reactive ketones (excluding diaryl/α,β-unsaturated/α-hetero) is 1. The molecule has 0 amide bonds. The third-order valence-corrected chi connectivity index (χ3v) is 4.85. The molecule has 0 saturated carbocycles. The number of ketones is 1. The Hall–Kier alpha value is -3.76. The van der Waals surface area contributed by atoms with Gasteiger partial charge in [-0.15, -0.1) is 0 Å². The molecule has 3 heterocycles. The van der Waals surface area contributed by atoms with Gasteiger partial charge in [0.15, 0.2) is 0 Å². The quantitative estimate of drug-likeness (QED) is 0.459. The molecule has 0 unspecified atom stereocenters. The highest BCUT2D eigenvalue weighted by Gasteiger charge is 2.44. The van der Waals surface area contributed by atoms with Gasteiger partial charge in [-0.05, 0) is 25.5 Å². The van der Waals surface area contributed by atoms with Gasteiger partial charge in [-0.2, -0.15) is 8.78 Å². The summed E-state index contributed by atoms with van der Waals surface area (Å²) in [5, 5.41) is 22.5. The van der Waals surface area contributed by atoms with Crippen LogP contribution in [-0.4, -0.2) is 42.6 Å². The van der Waals surface area contributed by atoms with E-state index in [0.717, 1.165) is 6.20 Å². The van der Waals surface area contributed by atoms with E-state index in [1.807, 2.05) is 0 Å². The van der Waals surface area contributed by atoms with E-state index < -0.39 is 35.2 Å². The van der Waals surface area contributed by atoms with Crippen LogP contribution in [0.3, 0.4) is 0 Å². The zero-order valence-corrected chi connectivity index (χ0v) is 16.7. The average molecular weight is 434 g/mol. The lowest BCUT2D eigenvalue weighted by atomic mass is 9.98. The number of pyridine rings is 1. The molecule has 3 aromatic heterocycles. The minimum atomic E-state index is -3.97. The average Bonchev–Trinajstić information content (AvgIpc) is 3.27. The van der Waals surface area contributed by atoms with Crippen LogP contribution >= 0.6 is 0 Å². The number of halogens is 2. The second kappa shape index (κ2) is 8.17. The van der Waals surface area contributed by atoms with E-state index in [0.29, 0.717) is 11.3 Å². The lowest BCUT2D eigenvalue weighted by Crippen LogP contribution is -2.32. The summed E-state index contributed by atoms with van der Waals surface area (Å²) in [6.45, 7) is 3.54. The summed E-state index contributed by atoms with van der Waals surface area (Å²) in [6, 6.07) is 2.82. The van der Waals surface area contributed by atoms with Crippen LogP contribution in [0.4, 0.5) is 14.6 Å². The van der Waals surface area contributed by atoms with Crippen molar-refractivity contribution in [1.29, 1.82) is 0 Å². The first-order valence-corrected chi connectivity index (χ1v) is 9.38. The largest absolute Gasteiger partial charge is 0.506 e. The molecule has 164 valence electrons. The van der Waals surface area contributed by atoms with Crippen molar-refractivity contribution in [2.24, 2.45) is 0 Å². The van der Waals surface area contributed by atoms with Crippen LogP contribution in [0.25, 0.3) is 11.4 Å². The molecule has 0 bridgehead atoms. The third-order valence-electron chi connectivity index (χ3n) is 4.85. The van der Waals surface area contributed by atoms with E-state index in [9.17, 15) is 28.6 Å². The van der Waals surface area contributed by atoms with E-state index in [-0.39, 0.29) is 36.0 Å². The number of aromatic hydroxyl groups is 1. The topological polar surface area (TPSA) is 144 Å². The number of aromatic carboxylic acids is 1. The fourth-order valence-electron chi connectivity index (χ4n) is 3.28. The Labute approximate surface area is 175 Å². The molecule has 0 atom stereocenters. The fraction of sp³-hybridized carbons (Fsp3) is 0.300. The first kappa shape index (κ1) is 21.9. The molecule has 11 heteroatoms. The number of nitrogens with zero attached hydrogens (tertiary/aromatic N) is 3. The zero-order chi connectivity index (χ0) is 22.9. The van der Waals surface area contributed by atoms with Crippen LogP contribution in [-0.2, 0) is 19.4 Å². The van der Waals surface area contributed by atoms with Gasteiger partial charge in [0.25, 0.3) is 0 Å². The number of carbonyl (C=O) groups excluding carboxylic acids is 1. The van der Waals surface area contributed by atoms with Gasteiger partial charge in [0.05, 0.1) is 23.9 Å². The van der Waals surface area contributed by atoms with E-state index in [1.165, 1.54) is 22.9 Å². The Kier molecular flexibility index (Phi) is 5.78. The number of carboxylic acid groups (broad SMARTS) is 1. The summed E-state index contributed by atoms with van der Waals surface area (Å²) >= 11 is 0. The maximum atomic E-state index is 14.9. The van der Waals surface area contributed by atoms with Gasteiger partial charge >= 0.3 is 11.9 Å². The number of alkyl halides is 2. The molecule has 9 nitrogen and oxygen atoms in total. The first-order chi connectivity index (χ1) is 14.6. The Morgan fingerprint density at radius 3 is 2.55 bits per heavy atom. The van der Waals surface area contributed by atoms with Crippen LogP contribution in [0.5, 0.6) is 5.75 Å². The Morgan fingerprint density at radius 2 is 2.00 bits per heavy atom.